The third-order valence-corrected chi connectivity index (χ3v) is 3.89. The van der Waals surface area contributed by atoms with Gasteiger partial charge in [-0.05, 0) is 24.3 Å². The summed E-state index contributed by atoms with van der Waals surface area (Å²) in [6, 6.07) is 24.6. The first-order valence-corrected chi connectivity index (χ1v) is 7.47. The lowest BCUT2D eigenvalue weighted by Gasteiger charge is -2.27. The first-order valence-electron chi connectivity index (χ1n) is 7.47. The van der Waals surface area contributed by atoms with Gasteiger partial charge in [-0.3, -0.25) is 0 Å². The van der Waals surface area contributed by atoms with Crippen LogP contribution < -0.4 is 14.9 Å². The molecule has 0 fully saturated rings. The molecule has 0 atom stereocenters. The maximum absolute atomic E-state index is 10.7. The predicted octanol–water partition coefficient (Wildman–Crippen LogP) is 4.20. The van der Waals surface area contributed by atoms with Crippen LogP contribution in [0.15, 0.2) is 78.9 Å². The van der Waals surface area contributed by atoms with Crippen LogP contribution in [0.3, 0.4) is 0 Å². The van der Waals surface area contributed by atoms with Crippen LogP contribution >= 0.6 is 0 Å². The van der Waals surface area contributed by atoms with Crippen molar-refractivity contribution in [2.75, 3.05) is 0 Å². The fourth-order valence-corrected chi connectivity index (χ4v) is 2.84. The fraction of sp³-hybridized carbons (Fsp3) is 0.0500. The summed E-state index contributed by atoms with van der Waals surface area (Å²) in [6.45, 7) is 0. The third kappa shape index (κ3) is 2.46. The largest absolute Gasteiger partial charge is 0.457 e. The molecule has 111 valence electrons. The van der Waals surface area contributed by atoms with Gasteiger partial charge in [0.2, 0.25) is 5.90 Å². The minimum Gasteiger partial charge on any atom is -0.457 e. The van der Waals surface area contributed by atoms with Gasteiger partial charge in [0, 0.05) is 11.1 Å². The molecular formula is C20H14NO2. The van der Waals surface area contributed by atoms with Gasteiger partial charge in [0.25, 0.3) is 0 Å². The van der Waals surface area contributed by atoms with Crippen molar-refractivity contribution in [2.24, 2.45) is 0 Å². The first-order chi connectivity index (χ1) is 11.3. The Bertz CT molecular complexity index is 813. The van der Waals surface area contributed by atoms with Gasteiger partial charge in [-0.2, -0.15) is 0 Å². The highest BCUT2D eigenvalue weighted by Gasteiger charge is 2.32. The zero-order chi connectivity index (χ0) is 15.6. The average Bonchev–Trinajstić information content (AvgIpc) is 2.60. The van der Waals surface area contributed by atoms with Crippen molar-refractivity contribution >= 4 is 5.90 Å². The summed E-state index contributed by atoms with van der Waals surface area (Å²) in [4.78, 5) is 0. The molecule has 1 radical (unpaired) electrons. The number of nitrogens with zero attached hydrogens (tertiary/aromatic N) is 1. The Morgan fingerprint density at radius 1 is 0.739 bits per heavy atom. The highest BCUT2D eigenvalue weighted by atomic mass is 16.5. The fourth-order valence-electron chi connectivity index (χ4n) is 2.84. The maximum Gasteiger partial charge on any atom is 0.226 e. The van der Waals surface area contributed by atoms with Crippen LogP contribution in [0.25, 0.3) is 0 Å². The molecule has 3 nitrogen and oxygen atoms in total. The molecule has 3 heteroatoms. The molecule has 0 unspecified atom stereocenters. The van der Waals surface area contributed by atoms with Crippen LogP contribution in [0.2, 0.25) is 0 Å². The van der Waals surface area contributed by atoms with Crippen molar-refractivity contribution in [3.05, 3.63) is 90.0 Å². The van der Waals surface area contributed by atoms with Crippen LogP contribution in [0.5, 0.6) is 17.2 Å². The van der Waals surface area contributed by atoms with Gasteiger partial charge in [-0.25, -0.2) is 0 Å². The summed E-state index contributed by atoms with van der Waals surface area (Å²) < 4.78 is 11.6. The molecule has 0 aromatic heterocycles. The van der Waals surface area contributed by atoms with E-state index < -0.39 is 0 Å². The van der Waals surface area contributed by atoms with E-state index in [2.05, 4.69) is 0 Å². The van der Waals surface area contributed by atoms with E-state index in [0.29, 0.717) is 5.75 Å². The molecule has 1 aliphatic heterocycles. The second-order valence-electron chi connectivity index (χ2n) is 5.36. The van der Waals surface area contributed by atoms with Crippen molar-refractivity contribution in [3.63, 3.8) is 0 Å². The standard InChI is InChI=1S/C20H14NO2/c21-20(22-14-8-2-1-3-9-14)19-15-10-4-6-12-17(15)23-18-13-7-5-11-16(18)19/h1-13,19H. The van der Waals surface area contributed by atoms with E-state index in [-0.39, 0.29) is 11.8 Å². The normalized spacial score (nSPS) is 12.7. The van der Waals surface area contributed by atoms with Gasteiger partial charge >= 0.3 is 0 Å². The zero-order valence-corrected chi connectivity index (χ0v) is 12.3. The van der Waals surface area contributed by atoms with Crippen molar-refractivity contribution in [1.82, 2.24) is 5.41 Å². The summed E-state index contributed by atoms with van der Waals surface area (Å²) in [5.74, 6) is 1.64. The first kappa shape index (κ1) is 13.6. The Morgan fingerprint density at radius 3 is 1.87 bits per heavy atom. The second-order valence-corrected chi connectivity index (χ2v) is 5.36. The summed E-state index contributed by atoms with van der Waals surface area (Å²) in [7, 11) is 0. The highest BCUT2D eigenvalue weighted by Crippen LogP contribution is 2.44. The molecule has 23 heavy (non-hydrogen) atoms. The smallest absolute Gasteiger partial charge is 0.226 e. The molecule has 3 aromatic rings. The molecule has 0 saturated heterocycles. The lowest BCUT2D eigenvalue weighted by atomic mass is 9.88. The predicted molar refractivity (Wildman–Crippen MR) is 89.0 cm³/mol. The van der Waals surface area contributed by atoms with E-state index in [1.165, 1.54) is 0 Å². The van der Waals surface area contributed by atoms with E-state index in [1.54, 1.807) is 0 Å². The highest BCUT2D eigenvalue weighted by molar-refractivity contribution is 5.89. The summed E-state index contributed by atoms with van der Waals surface area (Å²) >= 11 is 0. The molecule has 0 aliphatic carbocycles. The van der Waals surface area contributed by atoms with E-state index in [1.807, 2.05) is 78.9 Å². The lowest BCUT2D eigenvalue weighted by molar-refractivity contribution is 0.445. The molecule has 0 amide bonds. The number of rotatable bonds is 2. The molecule has 0 bridgehead atoms. The van der Waals surface area contributed by atoms with E-state index in [9.17, 15) is 5.41 Å². The topological polar surface area (TPSA) is 40.8 Å². The number of benzene rings is 3. The molecule has 1 heterocycles. The van der Waals surface area contributed by atoms with Gasteiger partial charge in [0.05, 0.1) is 5.92 Å². The van der Waals surface area contributed by atoms with Gasteiger partial charge < -0.3 is 9.47 Å². The summed E-state index contributed by atoms with van der Waals surface area (Å²) in [5, 5.41) is 10.7. The van der Waals surface area contributed by atoms with Crippen LogP contribution in [0.1, 0.15) is 17.0 Å². The van der Waals surface area contributed by atoms with E-state index >= 15 is 0 Å². The van der Waals surface area contributed by atoms with E-state index in [4.69, 9.17) is 9.47 Å². The van der Waals surface area contributed by atoms with Crippen LogP contribution in [0.4, 0.5) is 0 Å². The quantitative estimate of drug-likeness (QED) is 0.525. The summed E-state index contributed by atoms with van der Waals surface area (Å²) in [6.07, 6.45) is 0. The average molecular weight is 300 g/mol. The van der Waals surface area contributed by atoms with Gasteiger partial charge in [0.1, 0.15) is 17.2 Å². The molecule has 3 aromatic carbocycles. The number of fused-ring (bicyclic) bond motifs is 2. The minimum atomic E-state index is -0.378. The molecule has 1 aliphatic rings. The molecule has 0 saturated carbocycles. The van der Waals surface area contributed by atoms with E-state index in [0.717, 1.165) is 22.6 Å². The Morgan fingerprint density at radius 2 is 1.26 bits per heavy atom. The third-order valence-electron chi connectivity index (χ3n) is 3.89. The maximum atomic E-state index is 10.7. The van der Waals surface area contributed by atoms with Crippen LogP contribution in [-0.4, -0.2) is 5.90 Å². The van der Waals surface area contributed by atoms with Crippen molar-refractivity contribution in [1.29, 1.82) is 0 Å². The van der Waals surface area contributed by atoms with Gasteiger partial charge in [-0.15, -0.1) is 5.41 Å². The number of ether oxygens (including phenoxy) is 2. The lowest BCUT2D eigenvalue weighted by Crippen LogP contribution is -2.24. The zero-order valence-electron chi connectivity index (χ0n) is 12.3. The SMILES string of the molecule is [N]=C(Oc1ccccc1)C1c2ccccc2Oc2ccccc21. The molecule has 0 spiro atoms. The Balaban J connectivity index is 1.77. The second kappa shape index (κ2) is 5.61. The minimum absolute atomic E-state index is 0.0561. The number of hydrogen-bond acceptors (Lipinski definition) is 2. The van der Waals surface area contributed by atoms with Crippen molar-refractivity contribution in [3.8, 4) is 17.2 Å². The number of hydrogen-bond donors (Lipinski definition) is 0. The van der Waals surface area contributed by atoms with Crippen molar-refractivity contribution in [2.45, 2.75) is 5.92 Å². The Kier molecular flexibility index (Phi) is 3.31. The summed E-state index contributed by atoms with van der Waals surface area (Å²) in [5.41, 5.74) is 1.78. The Hall–Kier alpha value is -3.07. The molecule has 4 rings (SSSR count). The van der Waals surface area contributed by atoms with Crippen LogP contribution in [-0.2, 0) is 0 Å². The van der Waals surface area contributed by atoms with Gasteiger partial charge in [-0.1, -0.05) is 54.6 Å². The number of para-hydroxylation sites is 3. The molecule has 0 N–H and O–H groups in total. The van der Waals surface area contributed by atoms with Crippen LogP contribution in [0, 0.1) is 0 Å². The monoisotopic (exact) mass is 300 g/mol. The van der Waals surface area contributed by atoms with Crippen molar-refractivity contribution < 1.29 is 9.47 Å². The molecular weight excluding hydrogens is 286 g/mol. The Labute approximate surface area is 134 Å². The van der Waals surface area contributed by atoms with Gasteiger partial charge in [0.15, 0.2) is 0 Å².